The highest BCUT2D eigenvalue weighted by Gasteiger charge is 2.47. The Balaban J connectivity index is 1.51. The van der Waals surface area contributed by atoms with Gasteiger partial charge in [-0.05, 0) is 42.7 Å². The van der Waals surface area contributed by atoms with E-state index in [9.17, 15) is 4.79 Å². The van der Waals surface area contributed by atoms with E-state index in [0.717, 1.165) is 38.4 Å². The monoisotopic (exact) mass is 470 g/mol. The number of benzene rings is 2. The summed E-state index contributed by atoms with van der Waals surface area (Å²) in [4.78, 5) is 28.5. The normalized spacial score (nSPS) is 23.8. The van der Waals surface area contributed by atoms with Crippen molar-refractivity contribution in [2.24, 2.45) is 10.9 Å². The Kier molecular flexibility index (Phi) is 4.95. The molecule has 0 spiro atoms. The summed E-state index contributed by atoms with van der Waals surface area (Å²) < 4.78 is 1.81. The molecular formula is C24H22N8OS. The smallest absolute Gasteiger partial charge is 0.324 e. The summed E-state index contributed by atoms with van der Waals surface area (Å²) in [5, 5.41) is 11.9. The van der Waals surface area contributed by atoms with Gasteiger partial charge in [0.15, 0.2) is 0 Å². The SMILES string of the molecule is CN=C1C=C(SC)C=CC1C1C(n2nnc3ccccc32)NC(=O)N1c1ccc2nc[nH]c2c1. The van der Waals surface area contributed by atoms with Gasteiger partial charge in [-0.2, -0.15) is 0 Å². The van der Waals surface area contributed by atoms with Crippen LogP contribution >= 0.6 is 11.8 Å². The molecule has 3 heterocycles. The Morgan fingerprint density at radius 3 is 2.88 bits per heavy atom. The number of aliphatic imine (C=N–C) groups is 1. The lowest BCUT2D eigenvalue weighted by atomic mass is 9.88. The molecule has 2 aromatic carbocycles. The zero-order valence-electron chi connectivity index (χ0n) is 18.6. The quantitative estimate of drug-likeness (QED) is 0.471. The van der Waals surface area contributed by atoms with Gasteiger partial charge in [0.2, 0.25) is 0 Å². The van der Waals surface area contributed by atoms with Crippen LogP contribution in [0.3, 0.4) is 0 Å². The first-order valence-corrected chi connectivity index (χ1v) is 12.1. The van der Waals surface area contributed by atoms with Crippen LogP contribution < -0.4 is 10.2 Å². The molecule has 1 aliphatic heterocycles. The average molecular weight is 471 g/mol. The first-order valence-electron chi connectivity index (χ1n) is 10.9. The first-order chi connectivity index (χ1) is 16.7. The summed E-state index contributed by atoms with van der Waals surface area (Å²) in [6.45, 7) is 0. The molecule has 0 saturated carbocycles. The zero-order chi connectivity index (χ0) is 23.2. The van der Waals surface area contributed by atoms with Gasteiger partial charge in [-0.3, -0.25) is 9.89 Å². The number of para-hydroxylation sites is 1. The van der Waals surface area contributed by atoms with Gasteiger partial charge in [0.1, 0.15) is 11.7 Å². The van der Waals surface area contributed by atoms with Gasteiger partial charge in [0, 0.05) is 29.3 Å². The fourth-order valence-electron chi connectivity index (χ4n) is 4.79. The van der Waals surface area contributed by atoms with Crippen molar-refractivity contribution in [2.75, 3.05) is 18.2 Å². The molecule has 2 N–H and O–H groups in total. The van der Waals surface area contributed by atoms with Gasteiger partial charge in [0.05, 0.1) is 28.9 Å². The predicted octanol–water partition coefficient (Wildman–Crippen LogP) is 3.91. The van der Waals surface area contributed by atoms with Crippen LogP contribution in [0.15, 0.2) is 76.9 Å². The Labute approximate surface area is 199 Å². The van der Waals surface area contributed by atoms with Gasteiger partial charge >= 0.3 is 6.03 Å². The molecule has 0 bridgehead atoms. The molecular weight excluding hydrogens is 448 g/mol. The van der Waals surface area contributed by atoms with Crippen LogP contribution in [0.25, 0.3) is 22.1 Å². The van der Waals surface area contributed by atoms with Crippen molar-refractivity contribution in [1.29, 1.82) is 0 Å². The van der Waals surface area contributed by atoms with Gasteiger partial charge in [-0.25, -0.2) is 14.5 Å². The van der Waals surface area contributed by atoms with Gasteiger partial charge in [0.25, 0.3) is 0 Å². The second-order valence-corrected chi connectivity index (χ2v) is 9.05. The van der Waals surface area contributed by atoms with E-state index in [2.05, 4.69) is 48.8 Å². The highest BCUT2D eigenvalue weighted by Crippen LogP contribution is 2.38. The topological polar surface area (TPSA) is 104 Å². The summed E-state index contributed by atoms with van der Waals surface area (Å²) in [5.74, 6) is -0.148. The molecule has 10 heteroatoms. The molecule has 6 rings (SSSR count). The molecule has 3 atom stereocenters. The standard InChI is InChI=1S/C24H22N8OS/c1-25-19-12-15(34-2)8-9-16(19)22-23(32-21-6-4-3-5-18(21)29-30-32)28-24(33)31(22)14-7-10-17-20(11-14)27-13-26-17/h3-13,16,22-23H,1-2H3,(H,26,27)(H,28,33). The van der Waals surface area contributed by atoms with E-state index in [4.69, 9.17) is 0 Å². The Bertz CT molecular complexity index is 1500. The minimum Gasteiger partial charge on any atom is -0.345 e. The maximum Gasteiger partial charge on any atom is 0.324 e. The summed E-state index contributed by atoms with van der Waals surface area (Å²) in [7, 11) is 1.79. The van der Waals surface area contributed by atoms with E-state index in [-0.39, 0.29) is 18.0 Å². The molecule has 4 aromatic rings. The molecule has 0 radical (unpaired) electrons. The average Bonchev–Trinajstić information content (AvgIpc) is 3.59. The summed E-state index contributed by atoms with van der Waals surface area (Å²) in [6.07, 6.45) is 9.56. The highest BCUT2D eigenvalue weighted by molar-refractivity contribution is 8.02. The number of aromatic nitrogens is 5. The number of carbonyl (C=O) groups excluding carboxylic acids is 1. The number of nitrogens with zero attached hydrogens (tertiary/aromatic N) is 6. The minimum absolute atomic E-state index is 0.148. The number of carbonyl (C=O) groups is 1. The van der Waals surface area contributed by atoms with Crippen molar-refractivity contribution in [1.82, 2.24) is 30.3 Å². The zero-order valence-corrected chi connectivity index (χ0v) is 19.4. The number of rotatable bonds is 4. The van der Waals surface area contributed by atoms with Crippen LogP contribution in [0.5, 0.6) is 0 Å². The third-order valence-electron chi connectivity index (χ3n) is 6.40. The largest absolute Gasteiger partial charge is 0.345 e. The van der Waals surface area contributed by atoms with Crippen LogP contribution in [0.4, 0.5) is 10.5 Å². The van der Waals surface area contributed by atoms with E-state index in [1.807, 2.05) is 53.4 Å². The van der Waals surface area contributed by atoms with Crippen molar-refractivity contribution in [2.45, 2.75) is 12.2 Å². The second kappa shape index (κ2) is 8.14. The number of hydrogen-bond donors (Lipinski definition) is 2. The van der Waals surface area contributed by atoms with Crippen molar-refractivity contribution in [3.05, 3.63) is 71.9 Å². The number of nitrogens with one attached hydrogen (secondary N) is 2. The lowest BCUT2D eigenvalue weighted by Gasteiger charge is -2.33. The molecule has 2 amide bonds. The van der Waals surface area contributed by atoms with Crippen LogP contribution in [0, 0.1) is 5.92 Å². The van der Waals surface area contributed by atoms with Gasteiger partial charge in [-0.1, -0.05) is 29.5 Å². The van der Waals surface area contributed by atoms with Crippen molar-refractivity contribution >= 4 is 51.3 Å². The minimum atomic E-state index is -0.451. The van der Waals surface area contributed by atoms with Gasteiger partial charge in [-0.15, -0.1) is 16.9 Å². The van der Waals surface area contributed by atoms with E-state index < -0.39 is 6.17 Å². The van der Waals surface area contributed by atoms with Crippen LogP contribution in [0.1, 0.15) is 6.17 Å². The number of fused-ring (bicyclic) bond motifs is 2. The van der Waals surface area contributed by atoms with Crippen LogP contribution in [0.2, 0.25) is 0 Å². The number of anilines is 1. The number of hydrogen-bond acceptors (Lipinski definition) is 6. The second-order valence-electron chi connectivity index (χ2n) is 8.17. The lowest BCUT2D eigenvalue weighted by Crippen LogP contribution is -2.44. The number of imidazole rings is 1. The maximum atomic E-state index is 13.5. The lowest BCUT2D eigenvalue weighted by molar-refractivity contribution is 0.248. The fourth-order valence-corrected chi connectivity index (χ4v) is 5.25. The maximum absolute atomic E-state index is 13.5. The van der Waals surface area contributed by atoms with E-state index in [1.165, 1.54) is 0 Å². The van der Waals surface area contributed by atoms with Crippen molar-refractivity contribution in [3.8, 4) is 0 Å². The molecule has 34 heavy (non-hydrogen) atoms. The number of thioether (sulfide) groups is 1. The summed E-state index contributed by atoms with van der Waals surface area (Å²) in [5.41, 5.74) is 5.04. The molecule has 2 aromatic heterocycles. The fraction of sp³-hybridized carbons (Fsp3) is 0.208. The molecule has 1 saturated heterocycles. The molecule has 170 valence electrons. The Hall–Kier alpha value is -3.92. The summed E-state index contributed by atoms with van der Waals surface area (Å²) in [6, 6.07) is 13.0. The third kappa shape index (κ3) is 3.21. The molecule has 1 fully saturated rings. The van der Waals surface area contributed by atoms with E-state index in [1.54, 1.807) is 30.0 Å². The van der Waals surface area contributed by atoms with Crippen LogP contribution in [-0.4, -0.2) is 56.0 Å². The van der Waals surface area contributed by atoms with E-state index in [0.29, 0.717) is 0 Å². The molecule has 2 aliphatic rings. The predicted molar refractivity (Wildman–Crippen MR) is 135 cm³/mol. The molecule has 9 nitrogen and oxygen atoms in total. The van der Waals surface area contributed by atoms with Crippen molar-refractivity contribution in [3.63, 3.8) is 0 Å². The highest BCUT2D eigenvalue weighted by atomic mass is 32.2. The van der Waals surface area contributed by atoms with Crippen molar-refractivity contribution < 1.29 is 4.79 Å². The third-order valence-corrected chi connectivity index (χ3v) is 7.12. The Morgan fingerprint density at radius 1 is 1.15 bits per heavy atom. The first kappa shape index (κ1) is 20.7. The number of H-pyrrole nitrogens is 1. The van der Waals surface area contributed by atoms with Gasteiger partial charge < -0.3 is 10.3 Å². The molecule has 3 unspecified atom stereocenters. The number of allylic oxidation sites excluding steroid dienone is 2. The molecule has 1 aliphatic carbocycles. The van der Waals surface area contributed by atoms with E-state index >= 15 is 0 Å². The number of amides is 2. The Morgan fingerprint density at radius 2 is 2.03 bits per heavy atom. The summed E-state index contributed by atoms with van der Waals surface area (Å²) >= 11 is 1.67. The number of urea groups is 1. The number of aromatic amines is 1. The van der Waals surface area contributed by atoms with Crippen LogP contribution in [-0.2, 0) is 0 Å².